The molecule has 3 N–H and O–H groups in total. The van der Waals surface area contributed by atoms with E-state index in [2.05, 4.69) is 16.1 Å². The monoisotopic (exact) mass is 275 g/mol. The lowest BCUT2D eigenvalue weighted by atomic mass is 10.1. The fraction of sp³-hybridized carbons (Fsp3) is 0.533. The molecule has 20 heavy (non-hydrogen) atoms. The van der Waals surface area contributed by atoms with Crippen molar-refractivity contribution in [1.82, 2.24) is 4.90 Å². The second-order valence-corrected chi connectivity index (χ2v) is 5.56. The second kappa shape index (κ2) is 5.81. The van der Waals surface area contributed by atoms with Gasteiger partial charge in [-0.25, -0.2) is 0 Å². The minimum absolute atomic E-state index is 0.160. The van der Waals surface area contributed by atoms with Gasteiger partial charge in [0.1, 0.15) is 0 Å². The van der Waals surface area contributed by atoms with E-state index in [1.165, 1.54) is 24.8 Å². The second-order valence-electron chi connectivity index (χ2n) is 5.56. The molecule has 108 valence electrons. The van der Waals surface area contributed by atoms with Crippen molar-refractivity contribution in [1.29, 1.82) is 0 Å². The molecule has 1 aromatic carbocycles. The highest BCUT2D eigenvalue weighted by molar-refractivity contribution is 5.97. The van der Waals surface area contributed by atoms with E-state index in [1.807, 2.05) is 18.2 Å². The lowest BCUT2D eigenvalue weighted by Gasteiger charge is -2.37. The van der Waals surface area contributed by atoms with E-state index < -0.39 is 0 Å². The van der Waals surface area contributed by atoms with Crippen molar-refractivity contribution in [3.05, 3.63) is 35.4 Å². The first-order chi connectivity index (χ1) is 9.78. The number of fused-ring (bicyclic) bond motifs is 1. The molecule has 5 nitrogen and oxygen atoms in total. The van der Waals surface area contributed by atoms with E-state index in [4.69, 9.17) is 15.7 Å². The zero-order valence-electron chi connectivity index (χ0n) is 11.5. The summed E-state index contributed by atoms with van der Waals surface area (Å²) in [6, 6.07) is 8.45. The molecule has 1 aliphatic heterocycles. The van der Waals surface area contributed by atoms with Gasteiger partial charge in [-0.15, -0.1) is 0 Å². The van der Waals surface area contributed by atoms with Crippen LogP contribution in [-0.2, 0) is 11.3 Å². The largest absolute Gasteiger partial charge is 0.409 e. The molecule has 0 bridgehead atoms. The fourth-order valence-corrected chi connectivity index (χ4v) is 3.32. The minimum Gasteiger partial charge on any atom is -0.409 e. The third-order valence-corrected chi connectivity index (χ3v) is 4.31. The number of morpholine rings is 1. The van der Waals surface area contributed by atoms with Gasteiger partial charge in [0, 0.05) is 24.7 Å². The maximum Gasteiger partial charge on any atom is 0.170 e. The predicted molar refractivity (Wildman–Crippen MR) is 76.7 cm³/mol. The van der Waals surface area contributed by atoms with Crippen LogP contribution in [0.1, 0.15) is 30.4 Å². The highest BCUT2D eigenvalue weighted by Crippen LogP contribution is 2.30. The zero-order valence-corrected chi connectivity index (χ0v) is 11.5. The summed E-state index contributed by atoms with van der Waals surface area (Å²) >= 11 is 0. The van der Waals surface area contributed by atoms with Crippen LogP contribution >= 0.6 is 0 Å². The number of amidine groups is 1. The number of hydrogen-bond acceptors (Lipinski definition) is 4. The van der Waals surface area contributed by atoms with E-state index in [0.29, 0.717) is 12.1 Å². The van der Waals surface area contributed by atoms with E-state index in [1.54, 1.807) is 0 Å². The minimum atomic E-state index is 0.160. The van der Waals surface area contributed by atoms with Crippen LogP contribution in [0.4, 0.5) is 0 Å². The average Bonchev–Trinajstić information content (AvgIpc) is 2.96. The van der Waals surface area contributed by atoms with Crippen LogP contribution in [0.15, 0.2) is 29.4 Å². The Bertz CT molecular complexity index is 504. The van der Waals surface area contributed by atoms with Crippen LogP contribution in [-0.4, -0.2) is 41.2 Å². The van der Waals surface area contributed by atoms with Gasteiger partial charge in [-0.2, -0.15) is 0 Å². The van der Waals surface area contributed by atoms with Crippen LogP contribution in [0.2, 0.25) is 0 Å². The quantitative estimate of drug-likeness (QED) is 0.380. The predicted octanol–water partition coefficient (Wildman–Crippen LogP) is 1.53. The molecule has 2 aliphatic rings. The Morgan fingerprint density at radius 1 is 1.45 bits per heavy atom. The Balaban J connectivity index is 1.74. The van der Waals surface area contributed by atoms with Crippen molar-refractivity contribution in [2.45, 2.75) is 38.0 Å². The van der Waals surface area contributed by atoms with Gasteiger partial charge in [0.2, 0.25) is 0 Å². The van der Waals surface area contributed by atoms with Crippen molar-refractivity contribution in [2.24, 2.45) is 10.9 Å². The van der Waals surface area contributed by atoms with E-state index >= 15 is 0 Å². The van der Waals surface area contributed by atoms with Crippen molar-refractivity contribution in [3.8, 4) is 0 Å². The molecule has 0 amide bonds. The summed E-state index contributed by atoms with van der Waals surface area (Å²) in [5.41, 5.74) is 7.61. The molecular weight excluding hydrogens is 254 g/mol. The number of nitrogens with zero attached hydrogens (tertiary/aromatic N) is 2. The molecule has 1 aromatic rings. The van der Waals surface area contributed by atoms with Gasteiger partial charge in [-0.3, -0.25) is 4.90 Å². The summed E-state index contributed by atoms with van der Waals surface area (Å²) in [5.74, 6) is 0.160. The summed E-state index contributed by atoms with van der Waals surface area (Å²) in [7, 11) is 0. The number of benzene rings is 1. The Morgan fingerprint density at radius 2 is 2.35 bits per heavy atom. The molecule has 1 aliphatic carbocycles. The first-order valence-corrected chi connectivity index (χ1v) is 7.20. The topological polar surface area (TPSA) is 71.1 Å². The molecule has 0 aromatic heterocycles. The number of rotatable bonds is 3. The van der Waals surface area contributed by atoms with Crippen molar-refractivity contribution in [3.63, 3.8) is 0 Å². The molecule has 3 rings (SSSR count). The van der Waals surface area contributed by atoms with Crippen LogP contribution in [0, 0.1) is 0 Å². The number of nitrogens with two attached hydrogens (primary N) is 1. The molecule has 2 atom stereocenters. The lowest BCUT2D eigenvalue weighted by Crippen LogP contribution is -2.47. The third kappa shape index (κ3) is 2.64. The standard InChI is InChI=1S/C15H21N3O2/c16-15(17-19)12-4-1-3-11(9-12)10-18-7-8-20-14-6-2-5-13(14)18/h1,3-4,9,13-14,19H,2,5-8,10H2,(H2,16,17). The number of ether oxygens (including phenoxy) is 1. The van der Waals surface area contributed by atoms with Crippen LogP contribution in [0.5, 0.6) is 0 Å². The Labute approximate surface area is 119 Å². The zero-order chi connectivity index (χ0) is 13.9. The van der Waals surface area contributed by atoms with Crippen LogP contribution < -0.4 is 5.73 Å². The lowest BCUT2D eigenvalue weighted by molar-refractivity contribution is -0.0588. The highest BCUT2D eigenvalue weighted by Gasteiger charge is 2.35. The highest BCUT2D eigenvalue weighted by atomic mass is 16.5. The van der Waals surface area contributed by atoms with E-state index in [0.717, 1.165) is 25.3 Å². The molecule has 5 heteroatoms. The first kappa shape index (κ1) is 13.4. The molecule has 0 radical (unpaired) electrons. The molecule has 1 heterocycles. The molecule has 1 saturated heterocycles. The molecule has 0 spiro atoms. The molecular formula is C15H21N3O2. The number of hydrogen-bond donors (Lipinski definition) is 2. The SMILES string of the molecule is NC(=NO)c1cccc(CN2CCOC3CCCC32)c1. The fourth-order valence-electron chi connectivity index (χ4n) is 3.32. The van der Waals surface area contributed by atoms with Gasteiger partial charge in [-0.1, -0.05) is 23.4 Å². The summed E-state index contributed by atoms with van der Waals surface area (Å²) < 4.78 is 5.84. The maximum absolute atomic E-state index is 8.76. The Hall–Kier alpha value is -1.59. The summed E-state index contributed by atoms with van der Waals surface area (Å²) in [5, 5.41) is 11.8. The van der Waals surface area contributed by atoms with Crippen molar-refractivity contribution < 1.29 is 9.94 Å². The van der Waals surface area contributed by atoms with Gasteiger partial charge in [0.05, 0.1) is 12.7 Å². The van der Waals surface area contributed by atoms with Gasteiger partial charge in [-0.05, 0) is 30.9 Å². The molecule has 1 saturated carbocycles. The van der Waals surface area contributed by atoms with Crippen LogP contribution in [0.25, 0.3) is 0 Å². The molecule has 2 unspecified atom stereocenters. The van der Waals surface area contributed by atoms with E-state index in [9.17, 15) is 0 Å². The van der Waals surface area contributed by atoms with Crippen molar-refractivity contribution in [2.75, 3.05) is 13.2 Å². The Morgan fingerprint density at radius 3 is 3.20 bits per heavy atom. The summed E-state index contributed by atoms with van der Waals surface area (Å²) in [6.45, 7) is 2.70. The van der Waals surface area contributed by atoms with Crippen molar-refractivity contribution >= 4 is 5.84 Å². The van der Waals surface area contributed by atoms with Gasteiger partial charge in [0.25, 0.3) is 0 Å². The summed E-state index contributed by atoms with van der Waals surface area (Å²) in [6.07, 6.45) is 4.09. The normalized spacial score (nSPS) is 27.5. The van der Waals surface area contributed by atoms with Gasteiger partial charge < -0.3 is 15.7 Å². The number of oxime groups is 1. The average molecular weight is 275 g/mol. The molecule has 2 fully saturated rings. The first-order valence-electron chi connectivity index (χ1n) is 7.20. The summed E-state index contributed by atoms with van der Waals surface area (Å²) in [4.78, 5) is 2.51. The Kier molecular flexibility index (Phi) is 3.89. The van der Waals surface area contributed by atoms with Gasteiger partial charge in [0.15, 0.2) is 5.84 Å². The third-order valence-electron chi connectivity index (χ3n) is 4.31. The van der Waals surface area contributed by atoms with Gasteiger partial charge >= 0.3 is 0 Å². The van der Waals surface area contributed by atoms with Crippen LogP contribution in [0.3, 0.4) is 0 Å². The smallest absolute Gasteiger partial charge is 0.170 e. The maximum atomic E-state index is 8.76. The van der Waals surface area contributed by atoms with E-state index in [-0.39, 0.29) is 5.84 Å².